The third-order valence-electron chi connectivity index (χ3n) is 6.67. The van der Waals surface area contributed by atoms with Crippen LogP contribution in [0.4, 0.5) is 0 Å². The molecule has 5 aromatic rings. The lowest BCUT2D eigenvalue weighted by Crippen LogP contribution is -2.31. The monoisotopic (exact) mass is 501 g/mol. The number of hydrogen-bond acceptors (Lipinski definition) is 4. The highest BCUT2D eigenvalue weighted by Crippen LogP contribution is 2.27. The van der Waals surface area contributed by atoms with Crippen molar-refractivity contribution in [3.63, 3.8) is 0 Å². The Kier molecular flexibility index (Phi) is 6.32. The molecule has 0 saturated heterocycles. The number of aromatic nitrogens is 4. The second-order valence-corrected chi connectivity index (χ2v) is 9.23. The number of ether oxygens (including phenoxy) is 1. The van der Waals surface area contributed by atoms with Gasteiger partial charge in [-0.1, -0.05) is 42.5 Å². The SMILES string of the molecule is COc1ccc(Cn2cc(C=Cc3cc(-c4cc5c([nH]4)CCNC5=O)ccn3)c(-c3ccccc3)n2)cc1. The molecular formula is C31H27N5O2. The highest BCUT2D eigenvalue weighted by molar-refractivity contribution is 5.97. The number of carbonyl (C=O) groups is 1. The van der Waals surface area contributed by atoms with Crippen LogP contribution >= 0.6 is 0 Å². The summed E-state index contributed by atoms with van der Waals surface area (Å²) in [6.07, 6.45) is 8.71. The highest BCUT2D eigenvalue weighted by atomic mass is 16.5. The summed E-state index contributed by atoms with van der Waals surface area (Å²) in [6.45, 7) is 1.31. The molecule has 2 aromatic carbocycles. The Labute approximate surface area is 220 Å². The molecule has 1 amide bonds. The molecule has 3 aromatic heterocycles. The predicted octanol–water partition coefficient (Wildman–Crippen LogP) is 5.45. The number of nitrogens with one attached hydrogen (secondary N) is 2. The van der Waals surface area contributed by atoms with Gasteiger partial charge in [0.15, 0.2) is 0 Å². The van der Waals surface area contributed by atoms with Crippen LogP contribution in [0.15, 0.2) is 85.2 Å². The summed E-state index contributed by atoms with van der Waals surface area (Å²) in [5, 5.41) is 7.81. The van der Waals surface area contributed by atoms with E-state index in [2.05, 4.69) is 51.8 Å². The molecule has 0 aliphatic carbocycles. The first-order chi connectivity index (χ1) is 18.7. The van der Waals surface area contributed by atoms with E-state index in [1.54, 1.807) is 13.3 Å². The summed E-state index contributed by atoms with van der Waals surface area (Å²) in [5.74, 6) is 0.809. The number of methoxy groups -OCH3 is 1. The van der Waals surface area contributed by atoms with Gasteiger partial charge >= 0.3 is 0 Å². The summed E-state index contributed by atoms with van der Waals surface area (Å²) in [5.41, 5.74) is 8.53. The van der Waals surface area contributed by atoms with Crippen molar-refractivity contribution < 1.29 is 9.53 Å². The zero-order chi connectivity index (χ0) is 25.9. The van der Waals surface area contributed by atoms with Crippen LogP contribution in [0.3, 0.4) is 0 Å². The Morgan fingerprint density at radius 2 is 1.84 bits per heavy atom. The van der Waals surface area contributed by atoms with Crippen molar-refractivity contribution in [3.8, 4) is 28.3 Å². The summed E-state index contributed by atoms with van der Waals surface area (Å²) >= 11 is 0. The Balaban J connectivity index is 1.30. The molecule has 38 heavy (non-hydrogen) atoms. The lowest BCUT2D eigenvalue weighted by atomic mass is 10.1. The molecule has 4 heterocycles. The molecule has 0 spiro atoms. The van der Waals surface area contributed by atoms with E-state index < -0.39 is 0 Å². The van der Waals surface area contributed by atoms with Gasteiger partial charge in [0, 0.05) is 53.4 Å². The Bertz CT molecular complexity index is 1610. The summed E-state index contributed by atoms with van der Waals surface area (Å²) < 4.78 is 7.24. The van der Waals surface area contributed by atoms with Crippen LogP contribution in [-0.2, 0) is 13.0 Å². The lowest BCUT2D eigenvalue weighted by Gasteiger charge is -2.10. The molecule has 0 saturated carbocycles. The number of pyridine rings is 1. The van der Waals surface area contributed by atoms with E-state index in [0.717, 1.165) is 62.8 Å². The van der Waals surface area contributed by atoms with E-state index in [0.29, 0.717) is 13.1 Å². The molecule has 0 unspecified atom stereocenters. The van der Waals surface area contributed by atoms with Crippen molar-refractivity contribution in [2.24, 2.45) is 0 Å². The fourth-order valence-corrected chi connectivity index (χ4v) is 4.71. The average Bonchev–Trinajstić information content (AvgIpc) is 3.58. The van der Waals surface area contributed by atoms with Crippen molar-refractivity contribution in [2.45, 2.75) is 13.0 Å². The number of fused-ring (bicyclic) bond motifs is 1. The maximum Gasteiger partial charge on any atom is 0.253 e. The first kappa shape index (κ1) is 23.5. The molecule has 188 valence electrons. The van der Waals surface area contributed by atoms with Crippen molar-refractivity contribution in [1.82, 2.24) is 25.1 Å². The van der Waals surface area contributed by atoms with E-state index in [1.165, 1.54) is 0 Å². The molecule has 1 aliphatic rings. The summed E-state index contributed by atoms with van der Waals surface area (Å²) in [4.78, 5) is 20.1. The predicted molar refractivity (Wildman–Crippen MR) is 149 cm³/mol. The first-order valence-electron chi connectivity index (χ1n) is 12.6. The number of benzene rings is 2. The maximum absolute atomic E-state index is 12.2. The second kappa shape index (κ2) is 10.2. The standard InChI is InChI=1S/C31H27N5O2/c1-38-26-11-7-21(8-12-26)19-36-20-24(30(35-36)22-5-3-2-4-6-22)9-10-25-17-23(13-15-32-25)29-18-27-28(34-29)14-16-33-31(27)37/h2-13,15,17-18,20,34H,14,16,19H2,1H3,(H,33,37). The van der Waals surface area contributed by atoms with Crippen molar-refractivity contribution in [3.05, 3.63) is 113 Å². The van der Waals surface area contributed by atoms with Crippen LogP contribution in [0.25, 0.3) is 34.7 Å². The Hall–Kier alpha value is -4.91. The topological polar surface area (TPSA) is 84.8 Å². The number of aromatic amines is 1. The third kappa shape index (κ3) is 4.86. The zero-order valence-electron chi connectivity index (χ0n) is 21.0. The molecule has 0 bridgehead atoms. The minimum absolute atomic E-state index is 0.0250. The van der Waals surface area contributed by atoms with Gasteiger partial charge in [-0.3, -0.25) is 14.5 Å². The van der Waals surface area contributed by atoms with Gasteiger partial charge in [0.25, 0.3) is 5.91 Å². The lowest BCUT2D eigenvalue weighted by molar-refractivity contribution is 0.0946. The summed E-state index contributed by atoms with van der Waals surface area (Å²) in [7, 11) is 1.67. The van der Waals surface area contributed by atoms with Gasteiger partial charge in [-0.25, -0.2) is 0 Å². The molecule has 0 atom stereocenters. The van der Waals surface area contributed by atoms with Gasteiger partial charge in [-0.15, -0.1) is 0 Å². The van der Waals surface area contributed by atoms with Gasteiger partial charge in [0.1, 0.15) is 5.75 Å². The van der Waals surface area contributed by atoms with E-state index in [-0.39, 0.29) is 5.91 Å². The fourth-order valence-electron chi connectivity index (χ4n) is 4.71. The normalized spacial score (nSPS) is 12.9. The molecule has 7 nitrogen and oxygen atoms in total. The minimum atomic E-state index is -0.0250. The van der Waals surface area contributed by atoms with E-state index in [4.69, 9.17) is 9.84 Å². The van der Waals surface area contributed by atoms with Gasteiger partial charge in [-0.2, -0.15) is 5.10 Å². The van der Waals surface area contributed by atoms with Crippen molar-refractivity contribution in [2.75, 3.05) is 13.7 Å². The van der Waals surface area contributed by atoms with Crippen molar-refractivity contribution in [1.29, 1.82) is 0 Å². The van der Waals surface area contributed by atoms with Crippen LogP contribution in [0.2, 0.25) is 0 Å². The number of amides is 1. The smallest absolute Gasteiger partial charge is 0.253 e. The Morgan fingerprint density at radius 1 is 1.00 bits per heavy atom. The van der Waals surface area contributed by atoms with Crippen LogP contribution < -0.4 is 10.1 Å². The molecular weight excluding hydrogens is 474 g/mol. The maximum atomic E-state index is 12.2. The number of nitrogens with zero attached hydrogens (tertiary/aromatic N) is 3. The molecule has 2 N–H and O–H groups in total. The van der Waals surface area contributed by atoms with Crippen LogP contribution in [0.5, 0.6) is 5.75 Å². The molecule has 0 radical (unpaired) electrons. The van der Waals surface area contributed by atoms with Gasteiger partial charge < -0.3 is 15.0 Å². The molecule has 7 heteroatoms. The largest absolute Gasteiger partial charge is 0.497 e. The quantitative estimate of drug-likeness (QED) is 0.310. The molecule has 0 fully saturated rings. The number of hydrogen-bond donors (Lipinski definition) is 2. The van der Waals surface area contributed by atoms with Gasteiger partial charge in [0.2, 0.25) is 0 Å². The van der Waals surface area contributed by atoms with Gasteiger partial charge in [0.05, 0.1) is 30.6 Å². The average molecular weight is 502 g/mol. The first-order valence-corrected chi connectivity index (χ1v) is 12.6. The molecule has 6 rings (SSSR count). The second-order valence-electron chi connectivity index (χ2n) is 9.23. The van der Waals surface area contributed by atoms with Crippen molar-refractivity contribution >= 4 is 18.1 Å². The Morgan fingerprint density at radius 3 is 2.63 bits per heavy atom. The summed E-state index contributed by atoms with van der Waals surface area (Å²) in [6, 6.07) is 24.1. The minimum Gasteiger partial charge on any atom is -0.497 e. The zero-order valence-corrected chi connectivity index (χ0v) is 21.0. The van der Waals surface area contributed by atoms with Gasteiger partial charge in [-0.05, 0) is 48.0 Å². The molecule has 1 aliphatic heterocycles. The van der Waals surface area contributed by atoms with Crippen LogP contribution in [0.1, 0.15) is 32.9 Å². The number of rotatable bonds is 7. The number of carbonyl (C=O) groups excluding carboxylic acids is 1. The highest BCUT2D eigenvalue weighted by Gasteiger charge is 2.20. The number of H-pyrrole nitrogens is 1. The van der Waals surface area contributed by atoms with Crippen LogP contribution in [-0.4, -0.2) is 39.3 Å². The fraction of sp³-hybridized carbons (Fsp3) is 0.129. The van der Waals surface area contributed by atoms with E-state index in [1.807, 2.05) is 59.3 Å². The van der Waals surface area contributed by atoms with Crippen LogP contribution in [0, 0.1) is 0 Å². The van der Waals surface area contributed by atoms with E-state index in [9.17, 15) is 4.79 Å². The third-order valence-corrected chi connectivity index (χ3v) is 6.67. The van der Waals surface area contributed by atoms with E-state index >= 15 is 0 Å².